The van der Waals surface area contributed by atoms with Gasteiger partial charge in [-0.1, -0.05) is 43.2 Å². The van der Waals surface area contributed by atoms with Crippen LogP contribution in [0.1, 0.15) is 41.6 Å². The van der Waals surface area contributed by atoms with Gasteiger partial charge in [0.1, 0.15) is 6.61 Å². The van der Waals surface area contributed by atoms with Crippen LogP contribution in [0.2, 0.25) is 0 Å². The average molecular weight is 462 g/mol. The number of methoxy groups -OCH3 is 1. The van der Waals surface area contributed by atoms with Gasteiger partial charge in [-0.15, -0.1) is 0 Å². The number of hydrogen-bond acceptors (Lipinski definition) is 5. The Morgan fingerprint density at radius 2 is 1.86 bits per heavy atom. The number of amides is 1. The largest absolute Gasteiger partial charge is 0.493 e. The molecule has 1 saturated carbocycles. The topological polar surface area (TPSA) is 73.9 Å². The minimum absolute atomic E-state index is 0.191. The molecule has 0 atom stereocenters. The molecule has 2 aromatic carbocycles. The summed E-state index contributed by atoms with van der Waals surface area (Å²) in [4.78, 5) is 24.3. The predicted molar refractivity (Wildman–Crippen MR) is 112 cm³/mol. The number of ether oxygens (including phenoxy) is 3. The Labute approximate surface area is 178 Å². The summed E-state index contributed by atoms with van der Waals surface area (Å²) < 4.78 is 17.0. The fourth-order valence-corrected chi connectivity index (χ4v) is 3.82. The molecular formula is C22H24BrNO5. The SMILES string of the molecule is COc1cc(C(=O)OCC(=O)NC2CCCC2)cc(Br)c1OCc1ccccc1. The first-order chi connectivity index (χ1) is 14.1. The van der Waals surface area contributed by atoms with Gasteiger partial charge in [0.15, 0.2) is 18.1 Å². The third-order valence-electron chi connectivity index (χ3n) is 4.75. The molecule has 0 unspecified atom stereocenters. The number of nitrogens with one attached hydrogen (secondary N) is 1. The number of carbonyl (C=O) groups is 2. The van der Waals surface area contributed by atoms with Crippen LogP contribution < -0.4 is 14.8 Å². The highest BCUT2D eigenvalue weighted by Gasteiger charge is 2.20. The molecule has 1 N–H and O–H groups in total. The van der Waals surface area contributed by atoms with E-state index in [-0.39, 0.29) is 24.1 Å². The normalized spacial score (nSPS) is 13.7. The molecule has 1 amide bonds. The van der Waals surface area contributed by atoms with Crippen molar-refractivity contribution >= 4 is 27.8 Å². The molecule has 1 fully saturated rings. The Kier molecular flexibility index (Phi) is 7.52. The van der Waals surface area contributed by atoms with Gasteiger partial charge in [-0.05, 0) is 46.5 Å². The maximum atomic E-state index is 12.4. The molecule has 0 bridgehead atoms. The highest BCUT2D eigenvalue weighted by molar-refractivity contribution is 9.10. The smallest absolute Gasteiger partial charge is 0.338 e. The quantitative estimate of drug-likeness (QED) is 0.594. The number of esters is 1. The number of hydrogen-bond donors (Lipinski definition) is 1. The zero-order valence-corrected chi connectivity index (χ0v) is 17.9. The number of carbonyl (C=O) groups excluding carboxylic acids is 2. The Bertz CT molecular complexity index is 850. The third kappa shape index (κ3) is 5.97. The summed E-state index contributed by atoms with van der Waals surface area (Å²) in [6, 6.07) is 13.1. The monoisotopic (exact) mass is 461 g/mol. The molecule has 154 valence electrons. The summed E-state index contributed by atoms with van der Waals surface area (Å²) in [6.45, 7) is 0.0580. The van der Waals surface area contributed by atoms with Crippen LogP contribution in [0.25, 0.3) is 0 Å². The predicted octanol–water partition coefficient (Wildman–Crippen LogP) is 4.25. The van der Waals surface area contributed by atoms with E-state index in [1.54, 1.807) is 12.1 Å². The van der Waals surface area contributed by atoms with Crippen molar-refractivity contribution in [3.05, 3.63) is 58.1 Å². The standard InChI is InChI=1S/C22H24BrNO5/c1-27-19-12-16(22(26)29-14-20(25)24-17-9-5-6-10-17)11-18(23)21(19)28-13-15-7-3-2-4-8-15/h2-4,7-8,11-12,17H,5-6,9-10,13-14H2,1H3,(H,24,25). The van der Waals surface area contributed by atoms with Crippen LogP contribution in [0.4, 0.5) is 0 Å². The van der Waals surface area contributed by atoms with E-state index in [4.69, 9.17) is 14.2 Å². The molecule has 3 rings (SSSR count). The van der Waals surface area contributed by atoms with Crippen molar-refractivity contribution in [3.63, 3.8) is 0 Å². The Balaban J connectivity index is 1.60. The minimum Gasteiger partial charge on any atom is -0.493 e. The van der Waals surface area contributed by atoms with Crippen LogP contribution in [0.3, 0.4) is 0 Å². The molecule has 0 heterocycles. The fraction of sp³-hybridized carbons (Fsp3) is 0.364. The fourth-order valence-electron chi connectivity index (χ4n) is 3.26. The second kappa shape index (κ2) is 10.3. The summed E-state index contributed by atoms with van der Waals surface area (Å²) in [5.74, 6) is 0.0174. The van der Waals surface area contributed by atoms with Crippen LogP contribution in [0, 0.1) is 0 Å². The van der Waals surface area contributed by atoms with Gasteiger partial charge in [0.2, 0.25) is 0 Å². The van der Waals surface area contributed by atoms with E-state index in [1.165, 1.54) is 7.11 Å². The highest BCUT2D eigenvalue weighted by Crippen LogP contribution is 2.37. The molecule has 0 aromatic heterocycles. The van der Waals surface area contributed by atoms with Crippen molar-refractivity contribution in [2.75, 3.05) is 13.7 Å². The molecule has 0 radical (unpaired) electrons. The lowest BCUT2D eigenvalue weighted by Crippen LogP contribution is -2.35. The van der Waals surface area contributed by atoms with Gasteiger partial charge in [-0.25, -0.2) is 4.79 Å². The molecule has 1 aliphatic rings. The van der Waals surface area contributed by atoms with Crippen molar-refractivity contribution in [1.82, 2.24) is 5.32 Å². The first-order valence-corrected chi connectivity index (χ1v) is 10.4. The Morgan fingerprint density at radius 3 is 2.55 bits per heavy atom. The van der Waals surface area contributed by atoms with Crippen molar-refractivity contribution in [3.8, 4) is 11.5 Å². The van der Waals surface area contributed by atoms with Crippen LogP contribution in [0.15, 0.2) is 46.9 Å². The van der Waals surface area contributed by atoms with Gasteiger partial charge < -0.3 is 19.5 Å². The lowest BCUT2D eigenvalue weighted by Gasteiger charge is -2.15. The lowest BCUT2D eigenvalue weighted by atomic mass is 10.2. The zero-order chi connectivity index (χ0) is 20.6. The van der Waals surface area contributed by atoms with Crippen molar-refractivity contribution in [2.45, 2.75) is 38.3 Å². The Hall–Kier alpha value is -2.54. The molecule has 7 heteroatoms. The van der Waals surface area contributed by atoms with Crippen molar-refractivity contribution in [2.24, 2.45) is 0 Å². The lowest BCUT2D eigenvalue weighted by molar-refractivity contribution is -0.124. The summed E-state index contributed by atoms with van der Waals surface area (Å²) in [7, 11) is 1.50. The summed E-state index contributed by atoms with van der Waals surface area (Å²) in [5.41, 5.74) is 1.28. The average Bonchev–Trinajstić information content (AvgIpc) is 3.24. The molecule has 0 spiro atoms. The maximum Gasteiger partial charge on any atom is 0.338 e. The second-order valence-corrected chi connectivity index (χ2v) is 7.74. The van der Waals surface area contributed by atoms with E-state index < -0.39 is 5.97 Å². The van der Waals surface area contributed by atoms with Crippen molar-refractivity contribution < 1.29 is 23.8 Å². The van der Waals surface area contributed by atoms with Crippen LogP contribution >= 0.6 is 15.9 Å². The summed E-state index contributed by atoms with van der Waals surface area (Å²) in [6.07, 6.45) is 4.21. The van der Waals surface area contributed by atoms with Gasteiger partial charge in [-0.2, -0.15) is 0 Å². The van der Waals surface area contributed by atoms with E-state index in [0.29, 0.717) is 22.6 Å². The molecule has 1 aliphatic carbocycles. The van der Waals surface area contributed by atoms with E-state index in [9.17, 15) is 9.59 Å². The van der Waals surface area contributed by atoms with E-state index in [1.807, 2.05) is 30.3 Å². The van der Waals surface area contributed by atoms with E-state index in [2.05, 4.69) is 21.2 Å². The molecular weight excluding hydrogens is 438 g/mol. The van der Waals surface area contributed by atoms with Gasteiger partial charge in [0.05, 0.1) is 17.1 Å². The highest BCUT2D eigenvalue weighted by atomic mass is 79.9. The maximum absolute atomic E-state index is 12.4. The van der Waals surface area contributed by atoms with E-state index >= 15 is 0 Å². The molecule has 0 saturated heterocycles. The van der Waals surface area contributed by atoms with Gasteiger partial charge in [0.25, 0.3) is 5.91 Å². The van der Waals surface area contributed by atoms with E-state index in [0.717, 1.165) is 31.2 Å². The number of halogens is 1. The van der Waals surface area contributed by atoms with Gasteiger partial charge >= 0.3 is 5.97 Å². The zero-order valence-electron chi connectivity index (χ0n) is 16.3. The number of benzene rings is 2. The van der Waals surface area contributed by atoms with Crippen LogP contribution in [0.5, 0.6) is 11.5 Å². The van der Waals surface area contributed by atoms with Gasteiger partial charge in [-0.3, -0.25) is 4.79 Å². The van der Waals surface area contributed by atoms with Crippen LogP contribution in [-0.2, 0) is 16.1 Å². The molecule has 6 nitrogen and oxygen atoms in total. The minimum atomic E-state index is -0.597. The Morgan fingerprint density at radius 1 is 1.14 bits per heavy atom. The molecule has 29 heavy (non-hydrogen) atoms. The van der Waals surface area contributed by atoms with Crippen LogP contribution in [-0.4, -0.2) is 31.6 Å². The third-order valence-corrected chi connectivity index (χ3v) is 5.33. The van der Waals surface area contributed by atoms with Gasteiger partial charge in [0, 0.05) is 6.04 Å². The summed E-state index contributed by atoms with van der Waals surface area (Å²) >= 11 is 3.43. The summed E-state index contributed by atoms with van der Waals surface area (Å²) in [5, 5.41) is 2.89. The number of rotatable bonds is 8. The van der Waals surface area contributed by atoms with Crippen molar-refractivity contribution in [1.29, 1.82) is 0 Å². The molecule has 2 aromatic rings. The second-order valence-electron chi connectivity index (χ2n) is 6.89. The first kappa shape index (κ1) is 21.2. The molecule has 0 aliphatic heterocycles. The first-order valence-electron chi connectivity index (χ1n) is 9.57.